The molecule has 136 valence electrons. The van der Waals surface area contributed by atoms with Crippen LogP contribution in [0.3, 0.4) is 0 Å². The van der Waals surface area contributed by atoms with Crippen molar-refractivity contribution in [3.05, 3.63) is 58.7 Å². The first-order valence-electron chi connectivity index (χ1n) is 8.44. The van der Waals surface area contributed by atoms with E-state index in [1.165, 1.54) is 17.7 Å². The van der Waals surface area contributed by atoms with E-state index in [0.29, 0.717) is 29.0 Å². The summed E-state index contributed by atoms with van der Waals surface area (Å²) in [6.07, 6.45) is 2.71. The molecule has 0 saturated carbocycles. The van der Waals surface area contributed by atoms with Crippen molar-refractivity contribution < 1.29 is 24.5 Å². The van der Waals surface area contributed by atoms with Gasteiger partial charge in [0.25, 0.3) is 0 Å². The van der Waals surface area contributed by atoms with Gasteiger partial charge in [-0.3, -0.25) is 4.79 Å². The molecule has 0 aliphatic carbocycles. The number of methoxy groups -OCH3 is 1. The average molecular weight is 354 g/mol. The Hall–Kier alpha value is -2.95. The summed E-state index contributed by atoms with van der Waals surface area (Å²) in [5, 5.41) is 20.0. The molecule has 0 bridgehead atoms. The van der Waals surface area contributed by atoms with Crippen LogP contribution in [0.2, 0.25) is 0 Å². The third-order valence-corrected chi connectivity index (χ3v) is 4.49. The molecule has 5 heteroatoms. The highest BCUT2D eigenvalue weighted by Gasteiger charge is 2.32. The Morgan fingerprint density at radius 2 is 2.04 bits per heavy atom. The smallest absolute Gasteiger partial charge is 0.177 e. The van der Waals surface area contributed by atoms with Crippen LogP contribution in [0, 0.1) is 0 Å². The molecule has 2 N–H and O–H groups in total. The zero-order valence-electron chi connectivity index (χ0n) is 15.1. The summed E-state index contributed by atoms with van der Waals surface area (Å²) in [7, 11) is 1.55. The molecule has 1 unspecified atom stereocenters. The lowest BCUT2D eigenvalue weighted by atomic mass is 9.87. The van der Waals surface area contributed by atoms with Crippen LogP contribution in [-0.4, -0.2) is 29.7 Å². The van der Waals surface area contributed by atoms with E-state index in [-0.39, 0.29) is 23.9 Å². The Morgan fingerprint density at radius 1 is 1.27 bits per heavy atom. The molecule has 0 spiro atoms. The zero-order chi connectivity index (χ0) is 18.8. The lowest BCUT2D eigenvalue weighted by Crippen LogP contribution is -2.26. The number of benzene rings is 2. The van der Waals surface area contributed by atoms with Crippen molar-refractivity contribution in [2.75, 3.05) is 13.7 Å². The minimum atomic E-state index is -0.608. The Labute approximate surface area is 152 Å². The Balaban J connectivity index is 2.01. The van der Waals surface area contributed by atoms with Crippen LogP contribution in [0.25, 0.3) is 0 Å². The maximum absolute atomic E-state index is 12.9. The van der Waals surface area contributed by atoms with Crippen molar-refractivity contribution in [3.8, 4) is 23.0 Å². The first-order chi connectivity index (χ1) is 12.4. The standard InChI is InChI=1S/C21H22O5/c1-12(2)4-5-13-8-16(18(23)10-19(13)25-3)17-11-26-20-9-14(22)6-7-15(20)21(17)24/h4,6-10,17,22-23H,5,11H2,1-3H3. The van der Waals surface area contributed by atoms with Gasteiger partial charge in [0, 0.05) is 17.7 Å². The third-order valence-electron chi connectivity index (χ3n) is 4.49. The van der Waals surface area contributed by atoms with E-state index in [9.17, 15) is 15.0 Å². The van der Waals surface area contributed by atoms with Crippen LogP contribution in [0.1, 0.15) is 41.3 Å². The quantitative estimate of drug-likeness (QED) is 0.813. The van der Waals surface area contributed by atoms with E-state index in [4.69, 9.17) is 9.47 Å². The number of ether oxygens (including phenoxy) is 2. The van der Waals surface area contributed by atoms with Gasteiger partial charge in [-0.05, 0) is 44.0 Å². The molecule has 1 aliphatic heterocycles. The highest BCUT2D eigenvalue weighted by molar-refractivity contribution is 6.04. The van der Waals surface area contributed by atoms with E-state index >= 15 is 0 Å². The molecule has 3 rings (SSSR count). The number of ketones is 1. The van der Waals surface area contributed by atoms with Crippen molar-refractivity contribution in [2.24, 2.45) is 0 Å². The molecule has 0 amide bonds. The number of allylic oxidation sites excluding steroid dienone is 2. The number of phenolic OH excluding ortho intramolecular Hbond substituents is 2. The molecule has 0 aromatic heterocycles. The van der Waals surface area contributed by atoms with Crippen molar-refractivity contribution in [1.29, 1.82) is 0 Å². The summed E-state index contributed by atoms with van der Waals surface area (Å²) in [6.45, 7) is 4.13. The van der Waals surface area contributed by atoms with Crippen molar-refractivity contribution in [3.63, 3.8) is 0 Å². The number of aromatic hydroxyl groups is 2. The van der Waals surface area contributed by atoms with E-state index < -0.39 is 5.92 Å². The Bertz CT molecular complexity index is 878. The summed E-state index contributed by atoms with van der Waals surface area (Å²) in [4.78, 5) is 12.9. The van der Waals surface area contributed by atoms with Crippen molar-refractivity contribution in [1.82, 2.24) is 0 Å². The van der Waals surface area contributed by atoms with Gasteiger partial charge in [-0.25, -0.2) is 0 Å². The number of carbonyl (C=O) groups is 1. The topological polar surface area (TPSA) is 76.0 Å². The predicted molar refractivity (Wildman–Crippen MR) is 98.5 cm³/mol. The van der Waals surface area contributed by atoms with E-state index in [0.717, 1.165) is 5.56 Å². The summed E-state index contributed by atoms with van der Waals surface area (Å²) >= 11 is 0. The molecule has 1 atom stereocenters. The van der Waals surface area contributed by atoms with Gasteiger partial charge in [-0.2, -0.15) is 0 Å². The second kappa shape index (κ2) is 7.12. The van der Waals surface area contributed by atoms with Gasteiger partial charge >= 0.3 is 0 Å². The van der Waals surface area contributed by atoms with Gasteiger partial charge < -0.3 is 19.7 Å². The zero-order valence-corrected chi connectivity index (χ0v) is 15.1. The molecular formula is C21H22O5. The molecule has 0 saturated heterocycles. The summed E-state index contributed by atoms with van der Waals surface area (Å²) in [5.74, 6) is 0.254. The van der Waals surface area contributed by atoms with Gasteiger partial charge in [0.1, 0.15) is 29.6 Å². The SMILES string of the molecule is COc1cc(O)c(C2COc3cc(O)ccc3C2=O)cc1CC=C(C)C. The number of hydrogen-bond acceptors (Lipinski definition) is 5. The van der Waals surface area contributed by atoms with Crippen LogP contribution < -0.4 is 9.47 Å². The van der Waals surface area contributed by atoms with Gasteiger partial charge in [0.05, 0.1) is 18.6 Å². The van der Waals surface area contributed by atoms with Gasteiger partial charge in [-0.15, -0.1) is 0 Å². The monoisotopic (exact) mass is 354 g/mol. The first kappa shape index (κ1) is 17.9. The molecule has 2 aromatic carbocycles. The van der Waals surface area contributed by atoms with Crippen LogP contribution in [0.15, 0.2) is 42.0 Å². The number of rotatable bonds is 4. The Kier molecular flexibility index (Phi) is 4.89. The normalized spacial score (nSPS) is 15.8. The summed E-state index contributed by atoms with van der Waals surface area (Å²) in [5.41, 5.74) is 2.99. The molecule has 5 nitrogen and oxygen atoms in total. The third kappa shape index (κ3) is 3.38. The number of Topliss-reactive ketones (excluding diaryl/α,β-unsaturated/α-hetero) is 1. The maximum atomic E-state index is 12.9. The maximum Gasteiger partial charge on any atom is 0.177 e. The molecule has 26 heavy (non-hydrogen) atoms. The largest absolute Gasteiger partial charge is 0.508 e. The highest BCUT2D eigenvalue weighted by Crippen LogP contribution is 2.39. The predicted octanol–water partition coefficient (Wildman–Crippen LogP) is 3.97. The van der Waals surface area contributed by atoms with Gasteiger partial charge in [-0.1, -0.05) is 11.6 Å². The minimum Gasteiger partial charge on any atom is -0.508 e. The summed E-state index contributed by atoms with van der Waals surface area (Å²) in [6, 6.07) is 7.78. The fourth-order valence-electron chi connectivity index (χ4n) is 3.08. The number of carbonyl (C=O) groups excluding carboxylic acids is 1. The van der Waals surface area contributed by atoms with Crippen LogP contribution >= 0.6 is 0 Å². The lowest BCUT2D eigenvalue weighted by molar-refractivity contribution is 0.0894. The fourth-order valence-corrected chi connectivity index (χ4v) is 3.08. The van der Waals surface area contributed by atoms with Crippen LogP contribution in [-0.2, 0) is 6.42 Å². The highest BCUT2D eigenvalue weighted by atomic mass is 16.5. The van der Waals surface area contributed by atoms with Gasteiger partial charge in [0.15, 0.2) is 5.78 Å². The lowest BCUT2D eigenvalue weighted by Gasteiger charge is -2.25. The molecule has 2 aromatic rings. The average Bonchev–Trinajstić information content (AvgIpc) is 2.60. The molecule has 1 heterocycles. The fraction of sp³-hybridized carbons (Fsp3) is 0.286. The number of phenols is 2. The van der Waals surface area contributed by atoms with Crippen LogP contribution in [0.5, 0.6) is 23.0 Å². The minimum absolute atomic E-state index is 0.00646. The number of hydrogen-bond donors (Lipinski definition) is 2. The van der Waals surface area contributed by atoms with Crippen molar-refractivity contribution >= 4 is 5.78 Å². The van der Waals surface area contributed by atoms with Crippen molar-refractivity contribution in [2.45, 2.75) is 26.2 Å². The first-order valence-corrected chi connectivity index (χ1v) is 8.44. The molecule has 0 fully saturated rings. The van der Waals surface area contributed by atoms with E-state index in [1.54, 1.807) is 19.2 Å². The Morgan fingerprint density at radius 3 is 2.73 bits per heavy atom. The summed E-state index contributed by atoms with van der Waals surface area (Å²) < 4.78 is 11.0. The molecule has 1 aliphatic rings. The number of fused-ring (bicyclic) bond motifs is 1. The van der Waals surface area contributed by atoms with E-state index in [2.05, 4.69) is 6.08 Å². The second-order valence-electron chi connectivity index (χ2n) is 6.62. The molecule has 0 radical (unpaired) electrons. The van der Waals surface area contributed by atoms with E-state index in [1.807, 2.05) is 19.9 Å². The second-order valence-corrected chi connectivity index (χ2v) is 6.62. The van der Waals surface area contributed by atoms with Gasteiger partial charge in [0.2, 0.25) is 0 Å². The van der Waals surface area contributed by atoms with Crippen LogP contribution in [0.4, 0.5) is 0 Å². The molecular weight excluding hydrogens is 332 g/mol.